The van der Waals surface area contributed by atoms with Crippen LogP contribution in [0.4, 0.5) is 0 Å². The number of rotatable bonds is 3. The van der Waals surface area contributed by atoms with Crippen molar-refractivity contribution in [3.05, 3.63) is 0 Å². The van der Waals surface area contributed by atoms with Gasteiger partial charge in [0, 0.05) is 0 Å². The average molecular weight is 199 g/mol. The Morgan fingerprint density at radius 2 is 2.27 bits per heavy atom. The second-order valence-electron chi connectivity index (χ2n) is 1.50. The van der Waals surface area contributed by atoms with Crippen LogP contribution in [0.3, 0.4) is 0 Å². The fraction of sp³-hybridized carbons (Fsp3) is 0.600. The summed E-state index contributed by atoms with van der Waals surface area (Å²) in [5, 5.41) is 5.27. The molecule has 11 heavy (non-hydrogen) atoms. The summed E-state index contributed by atoms with van der Waals surface area (Å²) in [4.78, 5) is 10.6. The van der Waals surface area contributed by atoms with E-state index in [-0.39, 0.29) is 29.3 Å². The van der Waals surface area contributed by atoms with E-state index in [0.29, 0.717) is 6.61 Å². The third-order valence-electron chi connectivity index (χ3n) is 0.662. The molecule has 0 fully saturated rings. The molecule has 0 heterocycles. The van der Waals surface area contributed by atoms with Gasteiger partial charge >= 0.3 is 5.97 Å². The van der Waals surface area contributed by atoms with E-state index >= 15 is 0 Å². The highest BCUT2D eigenvalue weighted by molar-refractivity contribution is 8.14. The molecule has 0 radical (unpaired) electrons. The number of hydrogen-bond acceptors (Lipinski definition) is 3. The first-order chi connectivity index (χ1) is 4.66. The minimum Gasteiger partial charge on any atom is -1.00 e. The van der Waals surface area contributed by atoms with Crippen molar-refractivity contribution in [2.45, 2.75) is 6.92 Å². The number of halogens is 1. The second-order valence-corrected chi connectivity index (χ2v) is 2.54. The van der Waals surface area contributed by atoms with Crippen molar-refractivity contribution in [3.63, 3.8) is 0 Å². The van der Waals surface area contributed by atoms with E-state index in [9.17, 15) is 4.79 Å². The maximum Gasteiger partial charge on any atom is 0.316 e. The number of nitrogens with two attached hydrogens (primary N) is 2. The Bertz CT molecular complexity index is 142. The van der Waals surface area contributed by atoms with Crippen molar-refractivity contribution in [1.82, 2.24) is 0 Å². The second kappa shape index (κ2) is 7.68. The van der Waals surface area contributed by atoms with Crippen LogP contribution < -0.4 is 23.5 Å². The van der Waals surface area contributed by atoms with Gasteiger partial charge in [0.05, 0.1) is 6.61 Å². The fourth-order valence-electron chi connectivity index (χ4n) is 0.345. The van der Waals surface area contributed by atoms with Crippen LogP contribution >= 0.6 is 11.8 Å². The van der Waals surface area contributed by atoms with E-state index in [1.54, 1.807) is 6.92 Å². The Morgan fingerprint density at radius 3 is 2.64 bits per heavy atom. The Balaban J connectivity index is 0. The fourth-order valence-corrected chi connectivity index (χ4v) is 0.713. The van der Waals surface area contributed by atoms with Crippen LogP contribution in [-0.4, -0.2) is 23.5 Å². The van der Waals surface area contributed by atoms with E-state index in [1.807, 2.05) is 0 Å². The number of ether oxygens (including phenoxy) is 1. The van der Waals surface area contributed by atoms with Crippen molar-refractivity contribution in [1.29, 1.82) is 0 Å². The zero-order valence-corrected chi connectivity index (χ0v) is 7.74. The third kappa shape index (κ3) is 9.58. The van der Waals surface area contributed by atoms with Crippen LogP contribution in [-0.2, 0) is 9.53 Å². The first-order valence-electron chi connectivity index (χ1n) is 2.83. The van der Waals surface area contributed by atoms with Gasteiger partial charge in [-0.1, -0.05) is 0 Å². The minimum atomic E-state index is -0.291. The lowest BCUT2D eigenvalue weighted by molar-refractivity contribution is -0.140. The van der Waals surface area contributed by atoms with Crippen LogP contribution in [0.25, 0.3) is 0 Å². The summed E-state index contributed by atoms with van der Waals surface area (Å²) in [6.45, 7) is 2.14. The summed E-state index contributed by atoms with van der Waals surface area (Å²) >= 11 is 1.08. The van der Waals surface area contributed by atoms with Gasteiger partial charge in [-0.2, -0.15) is 0 Å². The molecule has 0 rings (SSSR count). The van der Waals surface area contributed by atoms with E-state index < -0.39 is 0 Å². The molecule has 0 spiro atoms. The molecular weight excluding hydrogens is 188 g/mol. The molecule has 0 aromatic heterocycles. The molecule has 0 saturated carbocycles. The van der Waals surface area contributed by atoms with Crippen LogP contribution in [0, 0.1) is 0 Å². The number of carbonyl (C=O) groups is 1. The molecule has 0 saturated heterocycles. The highest BCUT2D eigenvalue weighted by atomic mass is 35.5. The molecule has 6 heteroatoms. The maximum atomic E-state index is 10.6. The zero-order chi connectivity index (χ0) is 7.98. The molecule has 0 aliphatic rings. The Labute approximate surface area is 75.8 Å². The highest BCUT2D eigenvalue weighted by Crippen LogP contribution is 1.95. The molecule has 4 N–H and O–H groups in total. The van der Waals surface area contributed by atoms with Crippen molar-refractivity contribution >= 4 is 22.9 Å². The topological polar surface area (TPSA) is 77.9 Å². The number of carbonyl (C=O) groups excluding carboxylic acids is 1. The van der Waals surface area contributed by atoms with E-state index in [2.05, 4.69) is 4.74 Å². The van der Waals surface area contributed by atoms with Gasteiger partial charge in [-0.25, -0.2) is 0 Å². The lowest BCUT2D eigenvalue weighted by atomic mass is 10.8. The van der Waals surface area contributed by atoms with Crippen molar-refractivity contribution < 1.29 is 27.3 Å². The molecule has 0 aliphatic carbocycles. The van der Waals surface area contributed by atoms with Gasteiger partial charge in [0.25, 0.3) is 5.17 Å². The van der Waals surface area contributed by atoms with Crippen molar-refractivity contribution in [2.75, 3.05) is 12.4 Å². The summed E-state index contributed by atoms with van der Waals surface area (Å²) in [5.41, 5.74) is 5.09. The Kier molecular flexibility index (Phi) is 9.21. The SMILES string of the molecule is CCOC(=O)CSC(N)=[NH2+].[Cl-]. The average Bonchev–Trinajstić information content (AvgIpc) is 1.85. The maximum absolute atomic E-state index is 10.6. The standard InChI is InChI=1S/C5H10N2O2S.ClH/c1-2-9-4(8)3-10-5(6)7;/h2-3H2,1H3,(H3,6,7);1H. The monoisotopic (exact) mass is 198 g/mol. The Morgan fingerprint density at radius 1 is 1.73 bits per heavy atom. The molecule has 0 aliphatic heterocycles. The first kappa shape index (κ1) is 13.2. The lowest BCUT2D eigenvalue weighted by Crippen LogP contribution is -3.00. The summed E-state index contributed by atoms with van der Waals surface area (Å²) in [7, 11) is 0. The van der Waals surface area contributed by atoms with Crippen LogP contribution in [0.5, 0.6) is 0 Å². The minimum absolute atomic E-state index is 0. The van der Waals surface area contributed by atoms with Gasteiger partial charge in [0.15, 0.2) is 0 Å². The van der Waals surface area contributed by atoms with Crippen molar-refractivity contribution in [2.24, 2.45) is 5.73 Å². The normalized spacial score (nSPS) is 8.09. The molecule has 0 atom stereocenters. The van der Waals surface area contributed by atoms with Gasteiger partial charge < -0.3 is 17.1 Å². The lowest BCUT2D eigenvalue weighted by Gasteiger charge is -1.96. The summed E-state index contributed by atoms with van der Waals surface area (Å²) in [6.07, 6.45) is 0. The molecule has 66 valence electrons. The predicted octanol–water partition coefficient (Wildman–Crippen LogP) is -4.64. The number of thioether (sulfide) groups is 1. The van der Waals surface area contributed by atoms with Crippen LogP contribution in [0.1, 0.15) is 6.92 Å². The molecule has 0 aromatic carbocycles. The van der Waals surface area contributed by atoms with Crippen LogP contribution in [0.2, 0.25) is 0 Å². The van der Waals surface area contributed by atoms with Gasteiger partial charge in [-0.05, 0) is 18.7 Å². The molecule has 0 aromatic rings. The zero-order valence-electron chi connectivity index (χ0n) is 6.17. The predicted molar refractivity (Wildman–Crippen MR) is 40.2 cm³/mol. The third-order valence-corrected chi connectivity index (χ3v) is 1.38. The van der Waals surface area contributed by atoms with E-state index in [1.165, 1.54) is 0 Å². The van der Waals surface area contributed by atoms with Crippen LogP contribution in [0.15, 0.2) is 0 Å². The quantitative estimate of drug-likeness (QED) is 0.272. The van der Waals surface area contributed by atoms with Gasteiger partial charge in [-0.3, -0.25) is 15.9 Å². The highest BCUT2D eigenvalue weighted by Gasteiger charge is 2.04. The summed E-state index contributed by atoms with van der Waals surface area (Å²) in [5.74, 6) is -0.100. The summed E-state index contributed by atoms with van der Waals surface area (Å²) < 4.78 is 4.61. The number of hydrogen-bond donors (Lipinski definition) is 2. The smallest absolute Gasteiger partial charge is 0.316 e. The Hall–Kier alpha value is -0.420. The van der Waals surface area contributed by atoms with Crippen molar-refractivity contribution in [3.8, 4) is 0 Å². The summed E-state index contributed by atoms with van der Waals surface area (Å²) in [6, 6.07) is 0. The molecule has 0 bridgehead atoms. The molecular formula is C5H11ClN2O2S. The van der Waals surface area contributed by atoms with E-state index in [4.69, 9.17) is 11.1 Å². The molecule has 0 unspecified atom stereocenters. The van der Waals surface area contributed by atoms with Gasteiger partial charge in [0.2, 0.25) is 0 Å². The van der Waals surface area contributed by atoms with E-state index in [0.717, 1.165) is 11.8 Å². The van der Waals surface area contributed by atoms with Gasteiger partial charge in [0.1, 0.15) is 5.75 Å². The number of esters is 1. The van der Waals surface area contributed by atoms with Gasteiger partial charge in [-0.15, -0.1) is 0 Å². The largest absolute Gasteiger partial charge is 1.00 e. The number of amidine groups is 1. The first-order valence-corrected chi connectivity index (χ1v) is 3.81. The molecule has 0 amide bonds. The molecule has 4 nitrogen and oxygen atoms in total.